The zero-order valence-electron chi connectivity index (χ0n) is 11.1. The summed E-state index contributed by atoms with van der Waals surface area (Å²) in [4.78, 5) is 1.39. The summed E-state index contributed by atoms with van der Waals surface area (Å²) in [6, 6.07) is 8.96. The van der Waals surface area contributed by atoms with Gasteiger partial charge in [-0.05, 0) is 25.1 Å². The average Bonchev–Trinajstić information content (AvgIpc) is 3.06. The highest BCUT2D eigenvalue weighted by Crippen LogP contribution is 2.43. The third-order valence-corrected chi connectivity index (χ3v) is 5.84. The Morgan fingerprint density at radius 1 is 1.37 bits per heavy atom. The Labute approximate surface area is 121 Å². The lowest BCUT2D eigenvalue weighted by molar-refractivity contribution is 0.568. The Morgan fingerprint density at radius 2 is 2.21 bits per heavy atom. The number of rotatable bonds is 4. The molecule has 0 saturated carbocycles. The van der Waals surface area contributed by atoms with Gasteiger partial charge < -0.3 is 5.32 Å². The maximum Gasteiger partial charge on any atom is 0.134 e. The summed E-state index contributed by atoms with van der Waals surface area (Å²) in [5.74, 6) is 1.51. The van der Waals surface area contributed by atoms with Gasteiger partial charge in [0.15, 0.2) is 0 Å². The number of aromatic nitrogens is 2. The first-order valence-corrected chi connectivity index (χ1v) is 8.36. The molecule has 1 N–H and O–H groups in total. The second-order valence-electron chi connectivity index (χ2n) is 4.63. The third-order valence-electron chi connectivity index (χ3n) is 3.51. The number of thioether (sulfide) groups is 1. The van der Waals surface area contributed by atoms with E-state index in [0.717, 1.165) is 22.2 Å². The van der Waals surface area contributed by atoms with Crippen LogP contribution in [0, 0.1) is 0 Å². The maximum absolute atomic E-state index is 4.43. The molecule has 0 saturated heterocycles. The van der Waals surface area contributed by atoms with Gasteiger partial charge in [-0.15, -0.1) is 22.0 Å². The van der Waals surface area contributed by atoms with E-state index in [2.05, 4.69) is 46.7 Å². The molecule has 2 heterocycles. The number of hydrogen-bond acceptors (Lipinski definition) is 5. The first-order chi connectivity index (χ1) is 9.33. The fourth-order valence-electron chi connectivity index (χ4n) is 2.40. The van der Waals surface area contributed by atoms with Gasteiger partial charge in [0.2, 0.25) is 0 Å². The third kappa shape index (κ3) is 2.42. The SMILES string of the molecule is CCC(NC)c1nnc(C2CSc3ccccc32)s1. The quantitative estimate of drug-likeness (QED) is 0.936. The van der Waals surface area contributed by atoms with Crippen LogP contribution in [0.2, 0.25) is 0 Å². The first kappa shape index (κ1) is 13.1. The molecule has 0 fully saturated rings. The van der Waals surface area contributed by atoms with Gasteiger partial charge in [0.1, 0.15) is 10.0 Å². The van der Waals surface area contributed by atoms with Crippen LogP contribution in [0.15, 0.2) is 29.2 Å². The molecular formula is C14H17N3S2. The summed E-state index contributed by atoms with van der Waals surface area (Å²) in [6.07, 6.45) is 1.04. The number of fused-ring (bicyclic) bond motifs is 1. The van der Waals surface area contributed by atoms with E-state index in [9.17, 15) is 0 Å². The largest absolute Gasteiger partial charge is 0.311 e. The Morgan fingerprint density at radius 3 is 3.00 bits per heavy atom. The van der Waals surface area contributed by atoms with Gasteiger partial charge in [-0.1, -0.05) is 36.5 Å². The standard InChI is InChI=1S/C14H17N3S2/c1-3-11(15-2)14-17-16-13(19-14)10-8-18-12-7-5-4-6-9(10)12/h4-7,10-11,15H,3,8H2,1-2H3. The van der Waals surface area contributed by atoms with Gasteiger partial charge in [-0.2, -0.15) is 0 Å². The zero-order chi connectivity index (χ0) is 13.2. The van der Waals surface area contributed by atoms with Crippen LogP contribution in [0.4, 0.5) is 0 Å². The lowest BCUT2D eigenvalue weighted by Gasteiger charge is -2.09. The van der Waals surface area contributed by atoms with Crippen LogP contribution in [0.1, 0.15) is 40.9 Å². The predicted octanol–water partition coefficient (Wildman–Crippen LogP) is 3.45. The van der Waals surface area contributed by atoms with Crippen molar-refractivity contribution in [1.82, 2.24) is 15.5 Å². The fourth-order valence-corrected chi connectivity index (χ4v) is 4.90. The number of nitrogens with zero attached hydrogens (tertiary/aromatic N) is 2. The molecule has 0 amide bonds. The molecule has 0 radical (unpaired) electrons. The summed E-state index contributed by atoms with van der Waals surface area (Å²) < 4.78 is 0. The molecule has 1 aliphatic heterocycles. The molecule has 5 heteroatoms. The Balaban J connectivity index is 1.88. The van der Waals surface area contributed by atoms with E-state index >= 15 is 0 Å². The van der Waals surface area contributed by atoms with E-state index in [0.29, 0.717) is 12.0 Å². The van der Waals surface area contributed by atoms with E-state index in [1.54, 1.807) is 11.3 Å². The molecule has 1 aromatic heterocycles. The Bertz CT molecular complexity index is 563. The van der Waals surface area contributed by atoms with Gasteiger partial charge >= 0.3 is 0 Å². The molecule has 2 atom stereocenters. The molecule has 100 valence electrons. The van der Waals surface area contributed by atoms with Crippen LogP contribution in [0.25, 0.3) is 0 Å². The maximum atomic E-state index is 4.43. The Kier molecular flexibility index (Phi) is 3.86. The smallest absolute Gasteiger partial charge is 0.134 e. The van der Waals surface area contributed by atoms with Crippen molar-refractivity contribution in [3.63, 3.8) is 0 Å². The highest BCUT2D eigenvalue weighted by atomic mass is 32.2. The van der Waals surface area contributed by atoms with Crippen molar-refractivity contribution < 1.29 is 0 Å². The minimum absolute atomic E-state index is 0.329. The predicted molar refractivity (Wildman–Crippen MR) is 81.0 cm³/mol. The normalized spacial score (nSPS) is 19.4. The number of benzene rings is 1. The van der Waals surface area contributed by atoms with Crippen LogP contribution in [0.5, 0.6) is 0 Å². The molecule has 0 bridgehead atoms. The first-order valence-electron chi connectivity index (χ1n) is 6.55. The van der Waals surface area contributed by atoms with E-state index in [4.69, 9.17) is 0 Å². The number of nitrogens with one attached hydrogen (secondary N) is 1. The van der Waals surface area contributed by atoms with E-state index in [1.165, 1.54) is 10.5 Å². The monoisotopic (exact) mass is 291 g/mol. The molecule has 1 aromatic carbocycles. The molecule has 2 aromatic rings. The van der Waals surface area contributed by atoms with Crippen LogP contribution < -0.4 is 5.32 Å². The topological polar surface area (TPSA) is 37.8 Å². The molecular weight excluding hydrogens is 274 g/mol. The summed E-state index contributed by atoms with van der Waals surface area (Å²) >= 11 is 3.68. The van der Waals surface area contributed by atoms with Crippen LogP contribution >= 0.6 is 23.1 Å². The van der Waals surface area contributed by atoms with Crippen LogP contribution in [-0.2, 0) is 0 Å². The average molecular weight is 291 g/mol. The van der Waals surface area contributed by atoms with Crippen LogP contribution in [-0.4, -0.2) is 23.0 Å². The molecule has 0 aliphatic carbocycles. The molecule has 1 aliphatic rings. The Hall–Kier alpha value is -0.910. The second-order valence-corrected chi connectivity index (χ2v) is 6.73. The van der Waals surface area contributed by atoms with Crippen molar-refractivity contribution in [3.8, 4) is 0 Å². The van der Waals surface area contributed by atoms with Gasteiger partial charge in [-0.25, -0.2) is 0 Å². The minimum atomic E-state index is 0.329. The zero-order valence-corrected chi connectivity index (χ0v) is 12.7. The van der Waals surface area contributed by atoms with Crippen molar-refractivity contribution in [2.75, 3.05) is 12.8 Å². The van der Waals surface area contributed by atoms with E-state index in [1.807, 2.05) is 18.8 Å². The number of hydrogen-bond donors (Lipinski definition) is 1. The minimum Gasteiger partial charge on any atom is -0.311 e. The molecule has 0 spiro atoms. The molecule has 19 heavy (non-hydrogen) atoms. The van der Waals surface area contributed by atoms with Crippen molar-refractivity contribution in [3.05, 3.63) is 39.8 Å². The summed E-state index contributed by atoms with van der Waals surface area (Å²) in [7, 11) is 1.98. The van der Waals surface area contributed by atoms with Crippen molar-refractivity contribution in [1.29, 1.82) is 0 Å². The van der Waals surface area contributed by atoms with Crippen molar-refractivity contribution in [2.45, 2.75) is 30.2 Å². The lowest BCUT2D eigenvalue weighted by atomic mass is 10.0. The van der Waals surface area contributed by atoms with Gasteiger partial charge in [-0.3, -0.25) is 0 Å². The van der Waals surface area contributed by atoms with E-state index in [-0.39, 0.29) is 0 Å². The highest BCUT2D eigenvalue weighted by molar-refractivity contribution is 7.99. The van der Waals surface area contributed by atoms with Gasteiger partial charge in [0.05, 0.1) is 6.04 Å². The highest BCUT2D eigenvalue weighted by Gasteiger charge is 2.28. The van der Waals surface area contributed by atoms with Gasteiger partial charge in [0.25, 0.3) is 0 Å². The molecule has 3 rings (SSSR count). The van der Waals surface area contributed by atoms with Crippen molar-refractivity contribution in [2.24, 2.45) is 0 Å². The lowest BCUT2D eigenvalue weighted by Crippen LogP contribution is -2.14. The summed E-state index contributed by atoms with van der Waals surface area (Å²) in [5, 5.41) is 14.4. The summed E-state index contributed by atoms with van der Waals surface area (Å²) in [6.45, 7) is 2.17. The van der Waals surface area contributed by atoms with Crippen LogP contribution in [0.3, 0.4) is 0 Å². The van der Waals surface area contributed by atoms with Gasteiger partial charge in [0, 0.05) is 16.6 Å². The van der Waals surface area contributed by atoms with E-state index < -0.39 is 0 Å². The molecule has 3 nitrogen and oxygen atoms in total. The molecule has 2 unspecified atom stereocenters. The second kappa shape index (κ2) is 5.61. The van der Waals surface area contributed by atoms with Crippen molar-refractivity contribution >= 4 is 23.1 Å². The fraction of sp³-hybridized carbons (Fsp3) is 0.429. The summed E-state index contributed by atoms with van der Waals surface area (Å²) in [5.41, 5.74) is 1.41.